The smallest absolute Gasteiger partial charge is 0.408 e. The molecule has 1 heterocycles. The minimum absolute atomic E-state index is 0.0992. The molecule has 2 N–H and O–H groups in total. The Balaban J connectivity index is 2.43. The van der Waals surface area contributed by atoms with E-state index in [2.05, 4.69) is 5.32 Å². The van der Waals surface area contributed by atoms with Crippen LogP contribution < -0.4 is 5.32 Å². The highest BCUT2D eigenvalue weighted by Crippen LogP contribution is 2.41. The minimum atomic E-state index is -4.51. The number of nitriles is 1. The number of nitrogens with one attached hydrogen (secondary N) is 1. The van der Waals surface area contributed by atoms with Crippen LogP contribution in [0, 0.1) is 11.3 Å². The molecule has 0 amide bonds. The van der Waals surface area contributed by atoms with Gasteiger partial charge in [0.25, 0.3) is 0 Å². The molecule has 0 aliphatic carbocycles. The lowest BCUT2D eigenvalue weighted by atomic mass is 10.0. The third-order valence-electron chi connectivity index (χ3n) is 3.28. The summed E-state index contributed by atoms with van der Waals surface area (Å²) in [5.74, 6) is -0.440. The molecule has 1 aromatic carbocycles. The summed E-state index contributed by atoms with van der Waals surface area (Å²) in [6, 6.07) is 3.44. The first-order valence-electron chi connectivity index (χ1n) is 6.18. The molecule has 0 aromatic heterocycles. The van der Waals surface area contributed by atoms with Gasteiger partial charge in [-0.3, -0.25) is 4.90 Å². The molecule has 108 valence electrons. The average Bonchev–Trinajstić information content (AvgIpc) is 2.41. The molecule has 7 heteroatoms. The first-order valence-corrected chi connectivity index (χ1v) is 6.18. The normalized spacial score (nSPS) is 18.5. The van der Waals surface area contributed by atoms with Crippen molar-refractivity contribution in [2.45, 2.75) is 12.2 Å². The lowest BCUT2D eigenvalue weighted by Crippen LogP contribution is -2.49. The second-order valence-corrected chi connectivity index (χ2v) is 4.62. The zero-order valence-electron chi connectivity index (χ0n) is 10.6. The van der Waals surface area contributed by atoms with Crippen molar-refractivity contribution in [3.05, 3.63) is 29.3 Å². The highest BCUT2D eigenvalue weighted by atomic mass is 19.4. The Morgan fingerprint density at radius 1 is 1.30 bits per heavy atom. The number of rotatable bonds is 2. The van der Waals surface area contributed by atoms with Gasteiger partial charge in [-0.05, 0) is 18.2 Å². The first kappa shape index (κ1) is 14.6. The largest absolute Gasteiger partial charge is 0.508 e. The van der Waals surface area contributed by atoms with Gasteiger partial charge in [0.15, 0.2) is 0 Å². The van der Waals surface area contributed by atoms with Crippen LogP contribution in [0.2, 0.25) is 0 Å². The lowest BCUT2D eigenvalue weighted by Gasteiger charge is -2.36. The third-order valence-corrected chi connectivity index (χ3v) is 3.28. The highest BCUT2D eigenvalue weighted by molar-refractivity contribution is 5.43. The molecule has 1 fully saturated rings. The van der Waals surface area contributed by atoms with E-state index in [1.54, 1.807) is 6.07 Å². The molecule has 2 rings (SSSR count). The molecule has 1 aromatic rings. The Hall–Kier alpha value is -1.78. The summed E-state index contributed by atoms with van der Waals surface area (Å²) in [6.45, 7) is 1.40. The monoisotopic (exact) mass is 285 g/mol. The zero-order chi connectivity index (χ0) is 14.8. The van der Waals surface area contributed by atoms with Crippen molar-refractivity contribution in [2.75, 3.05) is 26.2 Å². The van der Waals surface area contributed by atoms with Gasteiger partial charge in [-0.25, -0.2) is 0 Å². The molecular formula is C13H14F3N3O. The average molecular weight is 285 g/mol. The van der Waals surface area contributed by atoms with Gasteiger partial charge < -0.3 is 10.4 Å². The van der Waals surface area contributed by atoms with Gasteiger partial charge in [0, 0.05) is 31.7 Å². The van der Waals surface area contributed by atoms with Crippen LogP contribution in [0.5, 0.6) is 5.75 Å². The number of piperazine rings is 1. The SMILES string of the molecule is N#Cc1ccc(O)c([C@H](N2CCNCC2)C(F)(F)F)c1. The van der Waals surface area contributed by atoms with Crippen molar-refractivity contribution in [2.24, 2.45) is 0 Å². The van der Waals surface area contributed by atoms with E-state index in [-0.39, 0.29) is 24.2 Å². The maximum Gasteiger partial charge on any atom is 0.408 e. The van der Waals surface area contributed by atoms with Gasteiger partial charge in [0.2, 0.25) is 0 Å². The van der Waals surface area contributed by atoms with Crippen LogP contribution in [0.4, 0.5) is 13.2 Å². The van der Waals surface area contributed by atoms with Gasteiger partial charge in [0.05, 0.1) is 11.6 Å². The Kier molecular flexibility index (Phi) is 4.16. The van der Waals surface area contributed by atoms with Crippen molar-refractivity contribution in [3.8, 4) is 11.8 Å². The Bertz CT molecular complexity index is 519. The molecule has 1 saturated heterocycles. The molecule has 0 bridgehead atoms. The van der Waals surface area contributed by atoms with Gasteiger partial charge in [-0.1, -0.05) is 0 Å². The maximum absolute atomic E-state index is 13.3. The van der Waals surface area contributed by atoms with E-state index >= 15 is 0 Å². The molecule has 0 saturated carbocycles. The van der Waals surface area contributed by atoms with Crippen LogP contribution in [0.1, 0.15) is 17.2 Å². The van der Waals surface area contributed by atoms with Crippen LogP contribution in [0.3, 0.4) is 0 Å². The molecule has 1 atom stereocenters. The van der Waals surface area contributed by atoms with Gasteiger partial charge in [-0.2, -0.15) is 18.4 Å². The van der Waals surface area contributed by atoms with Gasteiger partial charge >= 0.3 is 6.18 Å². The second-order valence-electron chi connectivity index (χ2n) is 4.62. The van der Waals surface area contributed by atoms with Gasteiger partial charge in [0.1, 0.15) is 11.8 Å². The third kappa shape index (κ3) is 3.03. The molecule has 1 aliphatic heterocycles. The Labute approximate surface area is 114 Å². The summed E-state index contributed by atoms with van der Waals surface area (Å²) < 4.78 is 40.0. The summed E-state index contributed by atoms with van der Waals surface area (Å²) >= 11 is 0. The van der Waals surface area contributed by atoms with E-state index < -0.39 is 18.0 Å². The molecule has 20 heavy (non-hydrogen) atoms. The van der Waals surface area contributed by atoms with Crippen LogP contribution in [0.25, 0.3) is 0 Å². The number of benzene rings is 1. The summed E-state index contributed by atoms with van der Waals surface area (Å²) in [7, 11) is 0. The number of hydrogen-bond donors (Lipinski definition) is 2. The fourth-order valence-corrected chi connectivity index (χ4v) is 2.36. The fourth-order valence-electron chi connectivity index (χ4n) is 2.36. The zero-order valence-corrected chi connectivity index (χ0v) is 10.6. The number of aromatic hydroxyl groups is 1. The number of nitrogens with zero attached hydrogens (tertiary/aromatic N) is 2. The lowest BCUT2D eigenvalue weighted by molar-refractivity contribution is -0.188. The van der Waals surface area contributed by atoms with Crippen molar-refractivity contribution < 1.29 is 18.3 Å². The highest BCUT2D eigenvalue weighted by Gasteiger charge is 2.46. The quantitative estimate of drug-likeness (QED) is 0.869. The number of phenolic OH excluding ortho intramolecular Hbond substituents is 1. The van der Waals surface area contributed by atoms with Crippen molar-refractivity contribution in [1.82, 2.24) is 10.2 Å². The summed E-state index contributed by atoms with van der Waals surface area (Å²) in [4.78, 5) is 1.27. The Morgan fingerprint density at radius 3 is 2.50 bits per heavy atom. The van der Waals surface area contributed by atoms with Crippen LogP contribution in [-0.2, 0) is 0 Å². The van der Waals surface area contributed by atoms with E-state index in [4.69, 9.17) is 5.26 Å². The van der Waals surface area contributed by atoms with Crippen LogP contribution in [0.15, 0.2) is 18.2 Å². The van der Waals surface area contributed by atoms with Crippen molar-refractivity contribution in [3.63, 3.8) is 0 Å². The number of phenols is 1. The molecule has 1 aliphatic rings. The molecule has 0 unspecified atom stereocenters. The van der Waals surface area contributed by atoms with Crippen molar-refractivity contribution in [1.29, 1.82) is 5.26 Å². The first-order chi connectivity index (χ1) is 9.43. The predicted octanol–water partition coefficient (Wildman–Crippen LogP) is 1.77. The molecular weight excluding hydrogens is 271 g/mol. The Morgan fingerprint density at radius 2 is 1.95 bits per heavy atom. The van der Waals surface area contributed by atoms with Crippen LogP contribution >= 0.6 is 0 Å². The maximum atomic E-state index is 13.3. The number of halogens is 3. The van der Waals surface area contributed by atoms with E-state index in [0.29, 0.717) is 13.1 Å². The summed E-state index contributed by atoms with van der Waals surface area (Å²) in [6.07, 6.45) is -4.51. The van der Waals surface area contributed by atoms with E-state index in [1.165, 1.54) is 11.0 Å². The van der Waals surface area contributed by atoms with E-state index in [0.717, 1.165) is 12.1 Å². The van der Waals surface area contributed by atoms with Crippen LogP contribution in [-0.4, -0.2) is 42.4 Å². The topological polar surface area (TPSA) is 59.3 Å². The molecule has 0 radical (unpaired) electrons. The minimum Gasteiger partial charge on any atom is -0.508 e. The summed E-state index contributed by atoms with van der Waals surface area (Å²) in [5.41, 5.74) is -0.166. The fraction of sp³-hybridized carbons (Fsp3) is 0.462. The van der Waals surface area contributed by atoms with Gasteiger partial charge in [-0.15, -0.1) is 0 Å². The van der Waals surface area contributed by atoms with E-state index in [1.807, 2.05) is 0 Å². The van der Waals surface area contributed by atoms with E-state index in [9.17, 15) is 18.3 Å². The standard InChI is InChI=1S/C13H14F3N3O/c14-13(15,16)12(19-5-3-18-4-6-19)10-7-9(8-17)1-2-11(10)20/h1-2,7,12,18,20H,3-6H2/t12-/m0/s1. The molecule has 0 spiro atoms. The molecule has 4 nitrogen and oxygen atoms in total. The summed E-state index contributed by atoms with van der Waals surface area (Å²) in [5, 5.41) is 21.5. The predicted molar refractivity (Wildman–Crippen MR) is 66.1 cm³/mol. The van der Waals surface area contributed by atoms with Crippen molar-refractivity contribution >= 4 is 0 Å². The second kappa shape index (κ2) is 5.69. The number of hydrogen-bond acceptors (Lipinski definition) is 4. The number of alkyl halides is 3.